The molecule has 0 fully saturated rings. The van der Waals surface area contributed by atoms with Crippen LogP contribution in [0.4, 0.5) is 11.4 Å². The van der Waals surface area contributed by atoms with E-state index in [1.807, 2.05) is 38.1 Å². The number of halogens is 1. The second-order valence-electron chi connectivity index (χ2n) is 6.29. The topological polar surface area (TPSA) is 66.5 Å². The Kier molecular flexibility index (Phi) is 6.22. The standard InChI is InChI=1S/C20H19BrN2O3S2/c1-14-5-8-17(9-6-14)23(28(25,26)20-4-3-11-27-20)13-19(24)22-16-7-10-18(21)15(2)12-16/h3-12H,13H2,1-2H3,(H,22,24). The number of carbonyl (C=O) groups is 1. The molecule has 2 aromatic carbocycles. The number of carbonyl (C=O) groups excluding carboxylic acids is 1. The van der Waals surface area contributed by atoms with Gasteiger partial charge in [0.15, 0.2) is 0 Å². The van der Waals surface area contributed by atoms with E-state index in [4.69, 9.17) is 0 Å². The van der Waals surface area contributed by atoms with Crippen molar-refractivity contribution in [3.05, 3.63) is 75.6 Å². The number of thiophene rings is 1. The molecule has 0 aliphatic rings. The molecule has 1 amide bonds. The Bertz CT molecular complexity index is 1080. The molecule has 0 aliphatic carbocycles. The molecule has 0 bridgehead atoms. The van der Waals surface area contributed by atoms with Gasteiger partial charge in [0.2, 0.25) is 5.91 Å². The van der Waals surface area contributed by atoms with Crippen molar-refractivity contribution in [2.45, 2.75) is 18.1 Å². The van der Waals surface area contributed by atoms with Gasteiger partial charge in [0.25, 0.3) is 10.0 Å². The third kappa shape index (κ3) is 4.63. The van der Waals surface area contributed by atoms with Gasteiger partial charge in [-0.3, -0.25) is 9.10 Å². The average molecular weight is 479 g/mol. The smallest absolute Gasteiger partial charge is 0.274 e. The molecule has 0 saturated heterocycles. The van der Waals surface area contributed by atoms with Crippen LogP contribution in [0.5, 0.6) is 0 Å². The summed E-state index contributed by atoms with van der Waals surface area (Å²) in [6.07, 6.45) is 0. The van der Waals surface area contributed by atoms with Gasteiger partial charge < -0.3 is 5.32 Å². The van der Waals surface area contributed by atoms with Crippen molar-refractivity contribution in [3.8, 4) is 0 Å². The van der Waals surface area contributed by atoms with Gasteiger partial charge >= 0.3 is 0 Å². The van der Waals surface area contributed by atoms with E-state index in [9.17, 15) is 13.2 Å². The van der Waals surface area contributed by atoms with Crippen molar-refractivity contribution in [2.24, 2.45) is 0 Å². The lowest BCUT2D eigenvalue weighted by Gasteiger charge is -2.23. The zero-order valence-electron chi connectivity index (χ0n) is 15.3. The van der Waals surface area contributed by atoms with Crippen molar-refractivity contribution in [1.82, 2.24) is 0 Å². The number of hydrogen-bond donors (Lipinski definition) is 1. The lowest BCUT2D eigenvalue weighted by atomic mass is 10.2. The van der Waals surface area contributed by atoms with Crippen molar-refractivity contribution in [1.29, 1.82) is 0 Å². The van der Waals surface area contributed by atoms with E-state index in [2.05, 4.69) is 21.2 Å². The Morgan fingerprint density at radius 2 is 1.82 bits per heavy atom. The number of benzene rings is 2. The van der Waals surface area contributed by atoms with Crippen LogP contribution in [0.1, 0.15) is 11.1 Å². The lowest BCUT2D eigenvalue weighted by molar-refractivity contribution is -0.114. The first-order valence-electron chi connectivity index (χ1n) is 8.46. The Labute approximate surface area is 177 Å². The summed E-state index contributed by atoms with van der Waals surface area (Å²) in [4.78, 5) is 12.7. The maximum atomic E-state index is 13.1. The average Bonchev–Trinajstić information content (AvgIpc) is 3.19. The molecule has 0 spiro atoms. The maximum Gasteiger partial charge on any atom is 0.274 e. The third-order valence-electron chi connectivity index (χ3n) is 4.09. The van der Waals surface area contributed by atoms with Gasteiger partial charge in [-0.05, 0) is 61.2 Å². The van der Waals surface area contributed by atoms with E-state index in [-0.39, 0.29) is 10.8 Å². The molecule has 0 unspecified atom stereocenters. The molecule has 28 heavy (non-hydrogen) atoms. The minimum absolute atomic E-state index is 0.195. The SMILES string of the molecule is Cc1ccc(N(CC(=O)Nc2ccc(Br)c(C)c2)S(=O)(=O)c2cccs2)cc1. The van der Waals surface area contributed by atoms with Gasteiger partial charge in [0, 0.05) is 10.2 Å². The highest BCUT2D eigenvalue weighted by atomic mass is 79.9. The summed E-state index contributed by atoms with van der Waals surface area (Å²) in [5.74, 6) is -0.414. The molecule has 3 aromatic rings. The number of sulfonamides is 1. The van der Waals surface area contributed by atoms with Crippen LogP contribution in [0, 0.1) is 13.8 Å². The maximum absolute atomic E-state index is 13.1. The number of nitrogens with one attached hydrogen (secondary N) is 1. The molecule has 0 atom stereocenters. The van der Waals surface area contributed by atoms with Crippen LogP contribution in [0.3, 0.4) is 0 Å². The highest BCUT2D eigenvalue weighted by Crippen LogP contribution is 2.27. The predicted molar refractivity (Wildman–Crippen MR) is 118 cm³/mol. The van der Waals surface area contributed by atoms with Gasteiger partial charge in [0.05, 0.1) is 5.69 Å². The molecule has 3 rings (SSSR count). The quantitative estimate of drug-likeness (QED) is 0.544. The van der Waals surface area contributed by atoms with Gasteiger partial charge in [0.1, 0.15) is 10.8 Å². The minimum atomic E-state index is -3.84. The molecule has 8 heteroatoms. The summed E-state index contributed by atoms with van der Waals surface area (Å²) in [5.41, 5.74) is 3.04. The van der Waals surface area contributed by atoms with Crippen LogP contribution < -0.4 is 9.62 Å². The fourth-order valence-electron chi connectivity index (χ4n) is 2.60. The van der Waals surface area contributed by atoms with Crippen LogP contribution in [0.15, 0.2) is 68.7 Å². The molecule has 0 radical (unpaired) electrons. The molecular weight excluding hydrogens is 460 g/mol. The van der Waals surface area contributed by atoms with Gasteiger partial charge in [-0.25, -0.2) is 8.42 Å². The van der Waals surface area contributed by atoms with Crippen molar-refractivity contribution in [3.63, 3.8) is 0 Å². The lowest BCUT2D eigenvalue weighted by Crippen LogP contribution is -2.37. The van der Waals surface area contributed by atoms with E-state index in [1.54, 1.807) is 29.6 Å². The molecule has 5 nitrogen and oxygen atoms in total. The first-order chi connectivity index (χ1) is 13.3. The van der Waals surface area contributed by atoms with Gasteiger partial charge in [-0.15, -0.1) is 11.3 Å². The normalized spacial score (nSPS) is 11.2. The molecule has 0 saturated carbocycles. The number of nitrogens with zero attached hydrogens (tertiary/aromatic N) is 1. The Balaban J connectivity index is 1.89. The van der Waals surface area contributed by atoms with Crippen molar-refractivity contribution >= 4 is 54.6 Å². The fraction of sp³-hybridized carbons (Fsp3) is 0.150. The largest absolute Gasteiger partial charge is 0.325 e. The van der Waals surface area contributed by atoms with Crippen LogP contribution in [0.25, 0.3) is 0 Å². The third-order valence-corrected chi connectivity index (χ3v) is 8.13. The molecule has 1 aromatic heterocycles. The van der Waals surface area contributed by atoms with Gasteiger partial charge in [-0.2, -0.15) is 0 Å². The van der Waals surface area contributed by atoms with Crippen LogP contribution >= 0.6 is 27.3 Å². The predicted octanol–water partition coefficient (Wildman–Crippen LogP) is 4.96. The van der Waals surface area contributed by atoms with Crippen LogP contribution in [-0.2, 0) is 14.8 Å². The van der Waals surface area contributed by atoms with E-state index in [0.717, 1.165) is 31.2 Å². The van der Waals surface area contributed by atoms with Crippen molar-refractivity contribution < 1.29 is 13.2 Å². The summed E-state index contributed by atoms with van der Waals surface area (Å²) in [6.45, 7) is 3.52. The van der Waals surface area contributed by atoms with Crippen LogP contribution in [-0.4, -0.2) is 20.9 Å². The van der Waals surface area contributed by atoms with Crippen molar-refractivity contribution in [2.75, 3.05) is 16.2 Å². The highest BCUT2D eigenvalue weighted by Gasteiger charge is 2.28. The van der Waals surface area contributed by atoms with E-state index >= 15 is 0 Å². The van der Waals surface area contributed by atoms with E-state index in [0.29, 0.717) is 11.4 Å². The summed E-state index contributed by atoms with van der Waals surface area (Å²) >= 11 is 4.55. The molecule has 0 aliphatic heterocycles. The Hall–Kier alpha value is -2.16. The monoisotopic (exact) mass is 478 g/mol. The summed E-state index contributed by atoms with van der Waals surface area (Å²) < 4.78 is 28.5. The van der Waals surface area contributed by atoms with Crippen LogP contribution in [0.2, 0.25) is 0 Å². The number of aryl methyl sites for hydroxylation is 2. The fourth-order valence-corrected chi connectivity index (χ4v) is 5.37. The summed E-state index contributed by atoms with van der Waals surface area (Å²) in [7, 11) is -3.84. The van der Waals surface area contributed by atoms with E-state index in [1.165, 1.54) is 6.07 Å². The zero-order chi connectivity index (χ0) is 20.3. The second kappa shape index (κ2) is 8.46. The first kappa shape index (κ1) is 20.6. The molecule has 1 N–H and O–H groups in total. The first-order valence-corrected chi connectivity index (χ1v) is 11.6. The second-order valence-corrected chi connectivity index (χ2v) is 10.2. The molecular formula is C20H19BrN2O3S2. The summed E-state index contributed by atoms with van der Waals surface area (Å²) in [5, 5.41) is 4.48. The molecule has 146 valence electrons. The Morgan fingerprint density at radius 1 is 1.11 bits per heavy atom. The zero-order valence-corrected chi connectivity index (χ0v) is 18.6. The number of anilines is 2. The number of hydrogen-bond acceptors (Lipinski definition) is 4. The highest BCUT2D eigenvalue weighted by molar-refractivity contribution is 9.10. The summed E-state index contributed by atoms with van der Waals surface area (Å²) in [6, 6.07) is 15.7. The van der Waals surface area contributed by atoms with E-state index < -0.39 is 15.9 Å². The number of amides is 1. The minimum Gasteiger partial charge on any atom is -0.325 e. The Morgan fingerprint density at radius 3 is 2.43 bits per heavy atom. The van der Waals surface area contributed by atoms with Gasteiger partial charge in [-0.1, -0.05) is 39.7 Å². The molecule has 1 heterocycles. The number of rotatable bonds is 6.